The minimum absolute atomic E-state index is 0.189. The second-order valence-corrected chi connectivity index (χ2v) is 5.32. The van der Waals surface area contributed by atoms with Gasteiger partial charge in [0.25, 0.3) is 0 Å². The summed E-state index contributed by atoms with van der Waals surface area (Å²) in [5, 5.41) is 11.3. The predicted octanol–water partition coefficient (Wildman–Crippen LogP) is 2.00. The second-order valence-electron chi connectivity index (χ2n) is 5.32. The topological polar surface area (TPSA) is 72.2 Å². The van der Waals surface area contributed by atoms with Crippen molar-refractivity contribution in [1.82, 2.24) is 0 Å². The molecular formula is C15H16O5. The van der Waals surface area contributed by atoms with Crippen molar-refractivity contribution in [3.05, 3.63) is 40.2 Å². The number of hydrogen-bond donors (Lipinski definition) is 1. The highest BCUT2D eigenvalue weighted by molar-refractivity contribution is 5.80. The standard InChI is InChI=1S/C15H16O5/c1-8(2)14-15(17,20-14)10-6-9-4-5-13(16)19-11(9)7-12(10)18-3/h4-8,14,17H,1-3H3. The monoisotopic (exact) mass is 276 g/mol. The largest absolute Gasteiger partial charge is 0.496 e. The van der Waals surface area contributed by atoms with Gasteiger partial charge in [-0.2, -0.15) is 0 Å². The molecule has 2 aromatic rings. The fraction of sp³-hybridized carbons (Fsp3) is 0.400. The molecule has 0 spiro atoms. The fourth-order valence-corrected chi connectivity index (χ4v) is 2.51. The normalized spacial score (nSPS) is 25.1. The maximum absolute atomic E-state index is 11.2. The van der Waals surface area contributed by atoms with Gasteiger partial charge in [0.15, 0.2) is 0 Å². The van der Waals surface area contributed by atoms with Crippen LogP contribution >= 0.6 is 0 Å². The maximum atomic E-state index is 11.2. The lowest BCUT2D eigenvalue weighted by Crippen LogP contribution is -2.16. The Hall–Kier alpha value is -1.85. The van der Waals surface area contributed by atoms with Gasteiger partial charge in [0.1, 0.15) is 17.4 Å². The lowest BCUT2D eigenvalue weighted by molar-refractivity contribution is 0.0312. The van der Waals surface area contributed by atoms with Gasteiger partial charge >= 0.3 is 5.63 Å². The Morgan fingerprint density at radius 2 is 2.10 bits per heavy atom. The van der Waals surface area contributed by atoms with Crippen LogP contribution in [-0.4, -0.2) is 18.3 Å². The third-order valence-corrected chi connectivity index (χ3v) is 3.57. The van der Waals surface area contributed by atoms with Crippen LogP contribution < -0.4 is 10.4 Å². The van der Waals surface area contributed by atoms with Gasteiger partial charge in [0.05, 0.1) is 12.7 Å². The summed E-state index contributed by atoms with van der Waals surface area (Å²) in [6, 6.07) is 6.33. The first-order valence-corrected chi connectivity index (χ1v) is 6.48. The van der Waals surface area contributed by atoms with Crippen molar-refractivity contribution in [1.29, 1.82) is 0 Å². The molecule has 2 atom stereocenters. The molecule has 1 aliphatic rings. The van der Waals surface area contributed by atoms with E-state index in [9.17, 15) is 9.90 Å². The molecule has 5 heteroatoms. The molecule has 0 radical (unpaired) electrons. The highest BCUT2D eigenvalue weighted by atomic mass is 16.7. The van der Waals surface area contributed by atoms with E-state index >= 15 is 0 Å². The Morgan fingerprint density at radius 1 is 1.35 bits per heavy atom. The van der Waals surface area contributed by atoms with Gasteiger partial charge < -0.3 is 19.0 Å². The average molecular weight is 276 g/mol. The molecule has 1 fully saturated rings. The van der Waals surface area contributed by atoms with E-state index in [4.69, 9.17) is 13.9 Å². The van der Waals surface area contributed by atoms with Crippen LogP contribution in [0.4, 0.5) is 0 Å². The first-order chi connectivity index (χ1) is 9.45. The number of epoxide rings is 1. The van der Waals surface area contributed by atoms with E-state index < -0.39 is 11.4 Å². The van der Waals surface area contributed by atoms with Gasteiger partial charge in [-0.15, -0.1) is 0 Å². The van der Waals surface area contributed by atoms with Crippen molar-refractivity contribution in [3.63, 3.8) is 0 Å². The summed E-state index contributed by atoms with van der Waals surface area (Å²) in [5.41, 5.74) is 0.553. The van der Waals surface area contributed by atoms with Gasteiger partial charge in [0.2, 0.25) is 5.79 Å². The van der Waals surface area contributed by atoms with Gasteiger partial charge in [-0.25, -0.2) is 4.79 Å². The lowest BCUT2D eigenvalue weighted by Gasteiger charge is -2.13. The first-order valence-electron chi connectivity index (χ1n) is 6.48. The summed E-state index contributed by atoms with van der Waals surface area (Å²) in [5.74, 6) is -0.698. The van der Waals surface area contributed by atoms with E-state index in [0.717, 1.165) is 0 Å². The van der Waals surface area contributed by atoms with E-state index in [1.807, 2.05) is 13.8 Å². The third-order valence-electron chi connectivity index (χ3n) is 3.57. The zero-order valence-corrected chi connectivity index (χ0v) is 11.5. The summed E-state index contributed by atoms with van der Waals surface area (Å²) in [4.78, 5) is 11.2. The summed E-state index contributed by atoms with van der Waals surface area (Å²) >= 11 is 0. The minimum atomic E-state index is -1.33. The van der Waals surface area contributed by atoms with Gasteiger partial charge in [0, 0.05) is 17.5 Å². The molecule has 0 aliphatic carbocycles. The Kier molecular flexibility index (Phi) is 2.84. The zero-order chi connectivity index (χ0) is 14.5. The molecule has 1 aromatic carbocycles. The molecule has 20 heavy (non-hydrogen) atoms. The lowest BCUT2D eigenvalue weighted by atomic mass is 9.97. The number of aliphatic hydroxyl groups is 1. The van der Waals surface area contributed by atoms with Crippen molar-refractivity contribution >= 4 is 11.0 Å². The van der Waals surface area contributed by atoms with Gasteiger partial charge in [-0.1, -0.05) is 13.8 Å². The Balaban J connectivity index is 2.16. The molecule has 106 valence electrons. The van der Waals surface area contributed by atoms with Crippen LogP contribution in [0.3, 0.4) is 0 Å². The molecule has 0 amide bonds. The van der Waals surface area contributed by atoms with Crippen LogP contribution in [-0.2, 0) is 10.5 Å². The van der Waals surface area contributed by atoms with E-state index in [2.05, 4.69) is 0 Å². The van der Waals surface area contributed by atoms with Crippen molar-refractivity contribution in [2.75, 3.05) is 7.11 Å². The molecule has 1 aliphatic heterocycles. The van der Waals surface area contributed by atoms with Crippen molar-refractivity contribution in [3.8, 4) is 5.75 Å². The zero-order valence-electron chi connectivity index (χ0n) is 11.5. The van der Waals surface area contributed by atoms with Crippen LogP contribution in [0.1, 0.15) is 19.4 Å². The highest BCUT2D eigenvalue weighted by Crippen LogP contribution is 2.51. The Bertz CT molecular complexity index is 718. The van der Waals surface area contributed by atoms with Crippen molar-refractivity contribution in [2.24, 2.45) is 5.92 Å². The van der Waals surface area contributed by atoms with E-state index in [1.54, 1.807) is 18.2 Å². The van der Waals surface area contributed by atoms with Gasteiger partial charge in [-0.05, 0) is 18.1 Å². The molecule has 0 saturated carbocycles. The number of methoxy groups -OCH3 is 1. The van der Waals surface area contributed by atoms with Gasteiger partial charge in [-0.3, -0.25) is 0 Å². The molecule has 0 bridgehead atoms. The molecular weight excluding hydrogens is 260 g/mol. The number of fused-ring (bicyclic) bond motifs is 1. The number of hydrogen-bond acceptors (Lipinski definition) is 5. The predicted molar refractivity (Wildman–Crippen MR) is 72.6 cm³/mol. The van der Waals surface area contributed by atoms with E-state index in [-0.39, 0.29) is 12.0 Å². The van der Waals surface area contributed by atoms with Crippen molar-refractivity contribution in [2.45, 2.75) is 25.7 Å². The quantitative estimate of drug-likeness (QED) is 0.685. The summed E-state index contributed by atoms with van der Waals surface area (Å²) in [6.07, 6.45) is -0.260. The third kappa shape index (κ3) is 1.90. The van der Waals surface area contributed by atoms with E-state index in [0.29, 0.717) is 22.3 Å². The summed E-state index contributed by atoms with van der Waals surface area (Å²) in [6.45, 7) is 3.96. The SMILES string of the molecule is COc1cc2oc(=O)ccc2cc1C1(O)OC1C(C)C. The average Bonchev–Trinajstić information content (AvgIpc) is 3.11. The van der Waals surface area contributed by atoms with Crippen molar-refractivity contribution < 1.29 is 19.0 Å². The Labute approximate surface area is 115 Å². The molecule has 1 aromatic heterocycles. The molecule has 1 N–H and O–H groups in total. The van der Waals surface area contributed by atoms with Crippen LogP contribution in [0.2, 0.25) is 0 Å². The van der Waals surface area contributed by atoms with Crippen LogP contribution in [0, 0.1) is 5.92 Å². The summed E-state index contributed by atoms with van der Waals surface area (Å²) in [7, 11) is 1.50. The molecule has 5 nitrogen and oxygen atoms in total. The van der Waals surface area contributed by atoms with E-state index in [1.165, 1.54) is 13.2 Å². The minimum Gasteiger partial charge on any atom is -0.496 e. The van der Waals surface area contributed by atoms with Crippen LogP contribution in [0.15, 0.2) is 33.5 Å². The second kappa shape index (κ2) is 4.33. The highest BCUT2D eigenvalue weighted by Gasteiger charge is 2.59. The fourth-order valence-electron chi connectivity index (χ4n) is 2.51. The number of benzene rings is 1. The Morgan fingerprint density at radius 3 is 2.70 bits per heavy atom. The number of ether oxygens (including phenoxy) is 2. The molecule has 1 saturated heterocycles. The molecule has 3 rings (SSSR count). The number of rotatable bonds is 3. The van der Waals surface area contributed by atoms with Crippen LogP contribution in [0.25, 0.3) is 11.0 Å². The molecule has 2 heterocycles. The smallest absolute Gasteiger partial charge is 0.336 e. The molecule has 2 unspecified atom stereocenters. The summed E-state index contributed by atoms with van der Waals surface area (Å²) < 4.78 is 15.8. The maximum Gasteiger partial charge on any atom is 0.336 e. The van der Waals surface area contributed by atoms with Crippen LogP contribution in [0.5, 0.6) is 5.75 Å². The first kappa shape index (κ1) is 13.1.